The van der Waals surface area contributed by atoms with Gasteiger partial charge in [-0.2, -0.15) is 0 Å². The Balaban J connectivity index is 0.000000109. The molecule has 12 heteroatoms. The molecule has 0 saturated heterocycles. The Morgan fingerprint density at radius 3 is 0.400 bits per heavy atom. The van der Waals surface area contributed by atoms with Gasteiger partial charge in [0.15, 0.2) is 0 Å². The van der Waals surface area contributed by atoms with Gasteiger partial charge in [0.2, 0.25) is 0 Å². The summed E-state index contributed by atoms with van der Waals surface area (Å²) in [6.45, 7) is 0. The molecule has 0 nitrogen and oxygen atoms in total. The summed E-state index contributed by atoms with van der Waals surface area (Å²) < 4.78 is 11.1. The molecule has 0 radical (unpaired) electrons. The molecule has 6 rings (SSSR count). The molecule has 156 valence electrons. The molecule has 0 aromatic heterocycles. The Kier molecular flexibility index (Phi) is 14.3. The van der Waals surface area contributed by atoms with Gasteiger partial charge in [0.05, 0.1) is 0 Å². The topological polar surface area (TPSA) is 0 Å². The van der Waals surface area contributed by atoms with Crippen molar-refractivity contribution < 1.29 is 0 Å². The first-order valence-electron chi connectivity index (χ1n) is 8.03. The van der Waals surface area contributed by atoms with Crippen molar-refractivity contribution in [3.05, 3.63) is 79.9 Å². The fourth-order valence-corrected chi connectivity index (χ4v) is 40.2. The summed E-state index contributed by atoms with van der Waals surface area (Å²) in [5, 5.41) is 0. The van der Waals surface area contributed by atoms with Crippen molar-refractivity contribution in [3.8, 4) is 0 Å². The van der Waals surface area contributed by atoms with E-state index in [-0.39, 0.29) is 0 Å². The van der Waals surface area contributed by atoms with Gasteiger partial charge in [-0.05, 0) is 0 Å². The van der Waals surface area contributed by atoms with E-state index in [1.54, 1.807) is 0 Å². The van der Waals surface area contributed by atoms with Crippen molar-refractivity contribution in [2.24, 2.45) is 0 Å². The number of rotatable bonds is 0. The van der Waals surface area contributed by atoms with Crippen LogP contribution in [0.3, 0.4) is 0 Å². The normalized spacial score (nSPS) is 23.2. The summed E-state index contributed by atoms with van der Waals surface area (Å²) in [4.78, 5) is 28.7. The minimum atomic E-state index is 0.769. The zero-order valence-electron chi connectivity index (χ0n) is 14.8. The second-order valence-electron chi connectivity index (χ2n) is 4.77. The molecule has 6 heterocycles. The van der Waals surface area contributed by atoms with Crippen molar-refractivity contribution in [1.82, 2.24) is 0 Å². The number of hydrogen-bond acceptors (Lipinski definition) is 0. The van der Waals surface area contributed by atoms with Gasteiger partial charge in [-0.3, -0.25) is 0 Å². The molecule has 6 aliphatic heterocycles. The molecule has 0 fully saturated rings. The second-order valence-corrected chi connectivity index (χ2v) is 35.7. The summed E-state index contributed by atoms with van der Waals surface area (Å²) in [6.07, 6.45) is 0. The minimum absolute atomic E-state index is 0.769. The first kappa shape index (κ1) is 26.9. The second kappa shape index (κ2) is 15.9. The SMILES string of the molecule is C1=C[Se]C(=C2[Se]C=C[Se]2)[Se]1.C1=C[Se]C(=C2[Se]C=C[Se]2)[Se]1.C1=C[Se]C(=C2[Se]C=C[Se]2)[Se]1. The summed E-state index contributed by atoms with van der Waals surface area (Å²) >= 11 is 9.22. The molecule has 0 unspecified atom stereocenters. The van der Waals surface area contributed by atoms with Crippen LogP contribution in [0.4, 0.5) is 0 Å². The molecule has 0 spiro atoms. The van der Waals surface area contributed by atoms with Gasteiger partial charge in [0, 0.05) is 0 Å². The predicted molar refractivity (Wildman–Crippen MR) is 145 cm³/mol. The Labute approximate surface area is 254 Å². The van der Waals surface area contributed by atoms with Crippen LogP contribution in [-0.4, -0.2) is 179 Å². The molecule has 0 saturated carbocycles. The zero-order valence-corrected chi connectivity index (χ0v) is 35.4. The van der Waals surface area contributed by atoms with E-state index in [2.05, 4.69) is 59.7 Å². The summed E-state index contributed by atoms with van der Waals surface area (Å²) in [7, 11) is 0. The van der Waals surface area contributed by atoms with Gasteiger partial charge >= 0.3 is 259 Å². The van der Waals surface area contributed by atoms with Crippen LogP contribution in [0, 0.1) is 0 Å². The average molecular weight is 1180 g/mol. The molecular formula is C18H12Se12. The number of hydrogen-bond donors (Lipinski definition) is 0. The molecule has 6 aliphatic rings. The third-order valence-corrected chi connectivity index (χ3v) is 46.0. The average Bonchev–Trinajstić information content (AvgIpc) is 3.66. The monoisotopic (exact) mass is 1190 g/mol. The molecule has 0 amide bonds. The molecule has 0 bridgehead atoms. The Bertz CT molecular complexity index is 665. The van der Waals surface area contributed by atoms with Crippen molar-refractivity contribution in [1.29, 1.82) is 0 Å². The van der Waals surface area contributed by atoms with Crippen molar-refractivity contribution in [2.45, 2.75) is 0 Å². The maximum atomic E-state index is 2.39. The third kappa shape index (κ3) is 9.08. The van der Waals surface area contributed by atoms with E-state index in [4.69, 9.17) is 0 Å². The van der Waals surface area contributed by atoms with Crippen LogP contribution in [-0.2, 0) is 0 Å². The van der Waals surface area contributed by atoms with E-state index >= 15 is 0 Å². The van der Waals surface area contributed by atoms with Crippen LogP contribution < -0.4 is 0 Å². The molecule has 0 N–H and O–H groups in total. The Morgan fingerprint density at radius 2 is 0.300 bits per heavy atom. The van der Waals surface area contributed by atoms with E-state index in [9.17, 15) is 0 Å². The molecule has 30 heavy (non-hydrogen) atoms. The van der Waals surface area contributed by atoms with E-state index in [1.165, 1.54) is 0 Å². The van der Waals surface area contributed by atoms with Crippen molar-refractivity contribution in [2.75, 3.05) is 0 Å². The molecule has 0 aromatic rings. The van der Waals surface area contributed by atoms with E-state index < -0.39 is 0 Å². The van der Waals surface area contributed by atoms with Crippen molar-refractivity contribution >= 4 is 179 Å². The summed E-state index contributed by atoms with van der Waals surface area (Å²) in [5.41, 5.74) is 0. The molecule has 0 atom stereocenters. The molecule has 0 aromatic carbocycles. The Hall–Kier alpha value is 3.89. The van der Waals surface area contributed by atoms with Crippen LogP contribution >= 0.6 is 0 Å². The van der Waals surface area contributed by atoms with Crippen LogP contribution in [0.2, 0.25) is 0 Å². The van der Waals surface area contributed by atoms with Crippen LogP contribution in [0.1, 0.15) is 0 Å². The fourth-order valence-electron chi connectivity index (χ4n) is 1.82. The zero-order chi connectivity index (χ0) is 20.4. The van der Waals surface area contributed by atoms with Crippen LogP contribution in [0.5, 0.6) is 0 Å². The predicted octanol–water partition coefficient (Wildman–Crippen LogP) is -0.302. The van der Waals surface area contributed by atoms with Gasteiger partial charge in [-0.1, -0.05) is 0 Å². The molecule has 0 aliphatic carbocycles. The van der Waals surface area contributed by atoms with Crippen molar-refractivity contribution in [3.63, 3.8) is 0 Å². The first-order chi connectivity index (χ1) is 14.9. The molecular weight excluding hydrogens is 1160 g/mol. The summed E-state index contributed by atoms with van der Waals surface area (Å²) in [6, 6.07) is 0. The third-order valence-electron chi connectivity index (χ3n) is 2.93. The van der Waals surface area contributed by atoms with E-state index in [0.717, 1.165) is 179 Å². The first-order valence-corrected chi connectivity index (χ1v) is 30.2. The summed E-state index contributed by atoms with van der Waals surface area (Å²) in [5.74, 6) is 0. The van der Waals surface area contributed by atoms with Gasteiger partial charge in [-0.15, -0.1) is 0 Å². The van der Waals surface area contributed by atoms with Crippen LogP contribution in [0.15, 0.2) is 79.9 Å². The van der Waals surface area contributed by atoms with Gasteiger partial charge in [0.25, 0.3) is 0 Å². The van der Waals surface area contributed by atoms with Gasteiger partial charge in [-0.25, -0.2) is 0 Å². The van der Waals surface area contributed by atoms with Gasteiger partial charge < -0.3 is 0 Å². The standard InChI is InChI=1S/3C6H4Se4/c3*1-2-8-5(7-1)6-9-3-4-10-6/h3*1-4H. The van der Waals surface area contributed by atoms with Gasteiger partial charge in [0.1, 0.15) is 0 Å². The van der Waals surface area contributed by atoms with E-state index in [1.807, 2.05) is 20.2 Å². The fraction of sp³-hybridized carbons (Fsp3) is 0. The Morgan fingerprint density at radius 1 is 0.200 bits per heavy atom. The maximum absolute atomic E-state index is 2.39. The van der Waals surface area contributed by atoms with E-state index in [0.29, 0.717) is 0 Å². The van der Waals surface area contributed by atoms with Crippen LogP contribution in [0.25, 0.3) is 0 Å². The quantitative estimate of drug-likeness (QED) is 0.293.